The summed E-state index contributed by atoms with van der Waals surface area (Å²) in [5.74, 6) is 0.000246. The number of carbonyl (C=O) groups excluding carboxylic acids is 1. The summed E-state index contributed by atoms with van der Waals surface area (Å²) in [4.78, 5) is 27.9. The van der Waals surface area contributed by atoms with Crippen molar-refractivity contribution >= 4 is 17.7 Å². The third-order valence-corrected chi connectivity index (χ3v) is 6.05. The van der Waals surface area contributed by atoms with Crippen LogP contribution in [0.4, 0.5) is 10.5 Å². The van der Waals surface area contributed by atoms with Crippen LogP contribution < -0.4 is 5.32 Å². The molecule has 2 N–H and O–H groups in total. The van der Waals surface area contributed by atoms with Crippen LogP contribution in [0.1, 0.15) is 38.7 Å². The molecule has 27 heavy (non-hydrogen) atoms. The number of hydrogen-bond acceptors (Lipinski definition) is 3. The zero-order valence-electron chi connectivity index (χ0n) is 16.4. The highest BCUT2D eigenvalue weighted by atomic mass is 16.4. The largest absolute Gasteiger partial charge is 0.481 e. The molecule has 0 saturated carbocycles. The van der Waals surface area contributed by atoms with Gasteiger partial charge in [-0.05, 0) is 69.3 Å². The summed E-state index contributed by atoms with van der Waals surface area (Å²) < 4.78 is 0. The number of carboxylic acids is 1. The highest BCUT2D eigenvalue weighted by Crippen LogP contribution is 2.30. The van der Waals surface area contributed by atoms with E-state index in [1.54, 1.807) is 11.8 Å². The molecule has 0 radical (unpaired) electrons. The van der Waals surface area contributed by atoms with Crippen molar-refractivity contribution in [3.05, 3.63) is 29.8 Å². The second-order valence-corrected chi connectivity index (χ2v) is 8.44. The molecule has 6 heteroatoms. The van der Waals surface area contributed by atoms with Gasteiger partial charge in [-0.3, -0.25) is 4.79 Å². The Balaban J connectivity index is 1.51. The van der Waals surface area contributed by atoms with Gasteiger partial charge in [0, 0.05) is 25.3 Å². The molecular weight excluding hydrogens is 342 g/mol. The first-order valence-electron chi connectivity index (χ1n) is 9.96. The molecule has 0 bridgehead atoms. The third-order valence-electron chi connectivity index (χ3n) is 6.05. The minimum atomic E-state index is -0.842. The Kier molecular flexibility index (Phi) is 6.05. The van der Waals surface area contributed by atoms with Crippen LogP contribution in [0.15, 0.2) is 24.3 Å². The Morgan fingerprint density at radius 2 is 2.00 bits per heavy atom. The van der Waals surface area contributed by atoms with Gasteiger partial charge in [0.05, 0.1) is 5.41 Å². The molecule has 1 atom stereocenters. The number of urea groups is 1. The summed E-state index contributed by atoms with van der Waals surface area (Å²) >= 11 is 0. The Bertz CT molecular complexity index is 685. The van der Waals surface area contributed by atoms with Crippen LogP contribution in [0.3, 0.4) is 0 Å². The van der Waals surface area contributed by atoms with Crippen molar-refractivity contribution < 1.29 is 14.7 Å². The first kappa shape index (κ1) is 19.7. The van der Waals surface area contributed by atoms with Crippen molar-refractivity contribution in [1.82, 2.24) is 9.80 Å². The Hall–Kier alpha value is -2.08. The predicted octanol–water partition coefficient (Wildman–Crippen LogP) is 3.29. The third kappa shape index (κ3) is 5.01. The van der Waals surface area contributed by atoms with Crippen LogP contribution >= 0.6 is 0 Å². The maximum Gasteiger partial charge on any atom is 0.321 e. The van der Waals surface area contributed by atoms with E-state index in [1.807, 2.05) is 18.2 Å². The molecule has 3 rings (SSSR count). The normalized spacial score (nSPS) is 24.1. The fraction of sp³-hybridized carbons (Fsp3) is 0.619. The standard InChI is InChI=1S/C21H31N3O3/c1-16-6-10-23(11-7-16)12-8-17-4-3-5-18(14-17)22-20(27)24-13-9-21(2,15-24)19(25)26/h3-5,14,16H,6-13,15H2,1-2H3,(H,22,27)(H,25,26). The summed E-state index contributed by atoms with van der Waals surface area (Å²) in [5, 5.41) is 12.2. The summed E-state index contributed by atoms with van der Waals surface area (Å²) in [6, 6.07) is 7.75. The molecule has 0 aromatic heterocycles. The number of nitrogens with zero attached hydrogens (tertiary/aromatic N) is 2. The summed E-state index contributed by atoms with van der Waals surface area (Å²) in [7, 11) is 0. The van der Waals surface area contributed by atoms with Gasteiger partial charge in [0.2, 0.25) is 0 Å². The average Bonchev–Trinajstić information content (AvgIpc) is 3.06. The number of nitrogens with one attached hydrogen (secondary N) is 1. The van der Waals surface area contributed by atoms with Gasteiger partial charge in [-0.1, -0.05) is 19.1 Å². The lowest BCUT2D eigenvalue weighted by Gasteiger charge is -2.30. The quantitative estimate of drug-likeness (QED) is 0.831. The van der Waals surface area contributed by atoms with Crippen LogP contribution in [0, 0.1) is 11.3 Å². The first-order chi connectivity index (χ1) is 12.9. The molecular formula is C21H31N3O3. The number of rotatable bonds is 5. The van der Waals surface area contributed by atoms with Crippen LogP contribution in [0.5, 0.6) is 0 Å². The van der Waals surface area contributed by atoms with Crippen LogP contribution in [0.25, 0.3) is 0 Å². The molecule has 148 valence electrons. The van der Waals surface area contributed by atoms with E-state index in [9.17, 15) is 14.7 Å². The second kappa shape index (κ2) is 8.30. The lowest BCUT2D eigenvalue weighted by molar-refractivity contribution is -0.146. The number of anilines is 1. The number of amides is 2. The van der Waals surface area contributed by atoms with Gasteiger partial charge in [0.15, 0.2) is 0 Å². The summed E-state index contributed by atoms with van der Waals surface area (Å²) in [6.07, 6.45) is 4.02. The maximum absolute atomic E-state index is 12.5. The second-order valence-electron chi connectivity index (χ2n) is 8.44. The van der Waals surface area contributed by atoms with Crippen molar-refractivity contribution in [2.45, 2.75) is 39.5 Å². The molecule has 0 spiro atoms. The number of benzene rings is 1. The van der Waals surface area contributed by atoms with E-state index in [4.69, 9.17) is 0 Å². The molecule has 2 heterocycles. The minimum absolute atomic E-state index is 0.220. The minimum Gasteiger partial charge on any atom is -0.481 e. The van der Waals surface area contributed by atoms with Gasteiger partial charge in [-0.15, -0.1) is 0 Å². The summed E-state index contributed by atoms with van der Waals surface area (Å²) in [5.41, 5.74) is 1.14. The van der Waals surface area contributed by atoms with Crippen molar-refractivity contribution in [3.63, 3.8) is 0 Å². The van der Waals surface area contributed by atoms with E-state index in [0.29, 0.717) is 13.0 Å². The predicted molar refractivity (Wildman–Crippen MR) is 106 cm³/mol. The molecule has 2 aliphatic heterocycles. The SMILES string of the molecule is CC1CCN(CCc2cccc(NC(=O)N3CCC(C)(C(=O)O)C3)c2)CC1. The molecule has 2 amide bonds. The van der Waals surface area contributed by atoms with Gasteiger partial charge in [0.25, 0.3) is 0 Å². The number of carbonyl (C=O) groups is 2. The van der Waals surface area contributed by atoms with E-state index >= 15 is 0 Å². The molecule has 2 aliphatic rings. The van der Waals surface area contributed by atoms with Crippen LogP contribution in [-0.4, -0.2) is 59.6 Å². The van der Waals surface area contributed by atoms with Crippen molar-refractivity contribution in [3.8, 4) is 0 Å². The average molecular weight is 373 g/mol. The maximum atomic E-state index is 12.5. The Morgan fingerprint density at radius 3 is 2.67 bits per heavy atom. The van der Waals surface area contributed by atoms with E-state index in [1.165, 1.54) is 31.5 Å². The fourth-order valence-electron chi connectivity index (χ4n) is 3.89. The number of hydrogen-bond donors (Lipinski definition) is 2. The van der Waals surface area contributed by atoms with E-state index in [0.717, 1.165) is 24.6 Å². The van der Waals surface area contributed by atoms with Gasteiger partial charge < -0.3 is 20.2 Å². The van der Waals surface area contributed by atoms with Crippen LogP contribution in [0.2, 0.25) is 0 Å². The van der Waals surface area contributed by atoms with Gasteiger partial charge in [-0.25, -0.2) is 4.79 Å². The molecule has 2 fully saturated rings. The number of piperidine rings is 1. The zero-order valence-corrected chi connectivity index (χ0v) is 16.4. The highest BCUT2D eigenvalue weighted by molar-refractivity contribution is 5.90. The number of aliphatic carboxylic acids is 1. The van der Waals surface area contributed by atoms with Gasteiger partial charge in [0.1, 0.15) is 0 Å². The Labute approximate surface area is 161 Å². The van der Waals surface area contributed by atoms with Gasteiger partial charge in [-0.2, -0.15) is 0 Å². The number of likely N-dealkylation sites (tertiary alicyclic amines) is 2. The molecule has 2 saturated heterocycles. The monoisotopic (exact) mass is 373 g/mol. The zero-order chi connectivity index (χ0) is 19.4. The molecule has 6 nitrogen and oxygen atoms in total. The van der Waals surface area contributed by atoms with Gasteiger partial charge >= 0.3 is 12.0 Å². The van der Waals surface area contributed by atoms with Crippen molar-refractivity contribution in [2.24, 2.45) is 11.3 Å². The summed E-state index contributed by atoms with van der Waals surface area (Å²) in [6.45, 7) is 8.15. The highest BCUT2D eigenvalue weighted by Gasteiger charge is 2.42. The molecule has 1 aromatic carbocycles. The number of carboxylic acid groups (broad SMARTS) is 1. The topological polar surface area (TPSA) is 72.9 Å². The lowest BCUT2D eigenvalue weighted by atomic mass is 9.90. The fourth-order valence-corrected chi connectivity index (χ4v) is 3.89. The lowest BCUT2D eigenvalue weighted by Crippen LogP contribution is -2.37. The molecule has 0 aliphatic carbocycles. The van der Waals surface area contributed by atoms with E-state index in [-0.39, 0.29) is 12.6 Å². The Morgan fingerprint density at radius 1 is 1.26 bits per heavy atom. The smallest absolute Gasteiger partial charge is 0.321 e. The first-order valence-corrected chi connectivity index (χ1v) is 9.96. The van der Waals surface area contributed by atoms with Crippen molar-refractivity contribution in [1.29, 1.82) is 0 Å². The molecule has 1 aromatic rings. The van der Waals surface area contributed by atoms with E-state index < -0.39 is 11.4 Å². The molecule has 1 unspecified atom stereocenters. The van der Waals surface area contributed by atoms with E-state index in [2.05, 4.69) is 23.2 Å². The van der Waals surface area contributed by atoms with Crippen molar-refractivity contribution in [2.75, 3.05) is 38.0 Å². The van der Waals surface area contributed by atoms with Crippen LogP contribution in [-0.2, 0) is 11.2 Å².